The average molecular weight is 437 g/mol. The molecular weight excluding hydrogens is 403 g/mol. The molecule has 3 saturated heterocycles. The summed E-state index contributed by atoms with van der Waals surface area (Å²) in [7, 11) is 0. The molecule has 0 aliphatic carbocycles. The zero-order chi connectivity index (χ0) is 18.9. The Hall–Kier alpha value is -0.381. The van der Waals surface area contributed by atoms with Crippen LogP contribution in [-0.2, 0) is 14.2 Å². The molecule has 3 nitrogen and oxygen atoms in total. The van der Waals surface area contributed by atoms with E-state index in [1.807, 2.05) is 0 Å². The van der Waals surface area contributed by atoms with Crippen molar-refractivity contribution in [1.82, 2.24) is 0 Å². The predicted molar refractivity (Wildman–Crippen MR) is 110 cm³/mol. The monoisotopic (exact) mass is 438 g/mol. The van der Waals surface area contributed by atoms with E-state index in [9.17, 15) is 0 Å². The van der Waals surface area contributed by atoms with E-state index in [-0.39, 0.29) is 17.6 Å². The number of rotatable bonds is 5. The van der Waals surface area contributed by atoms with E-state index in [0.29, 0.717) is 25.9 Å². The molecule has 0 amide bonds. The number of ether oxygens (including phenoxy) is 3. The van der Waals surface area contributed by atoms with E-state index in [2.05, 4.69) is 39.0 Å². The summed E-state index contributed by atoms with van der Waals surface area (Å²) in [5, 5.41) is 0. The summed E-state index contributed by atoms with van der Waals surface area (Å²) in [5.41, 5.74) is 3.12. The molecule has 4 heteroatoms. The Morgan fingerprint density at radius 3 is 1.85 bits per heavy atom. The summed E-state index contributed by atoms with van der Waals surface area (Å²) in [6.45, 7) is 9.90. The molecule has 3 aliphatic rings. The zero-order valence-electron chi connectivity index (χ0n) is 17.0. The van der Waals surface area contributed by atoms with Crippen molar-refractivity contribution < 1.29 is 14.2 Å². The Morgan fingerprint density at radius 2 is 1.41 bits per heavy atom. The second-order valence-corrected chi connectivity index (χ2v) is 11.6. The second kappa shape index (κ2) is 8.55. The third-order valence-corrected chi connectivity index (χ3v) is 10.2. The summed E-state index contributed by atoms with van der Waals surface area (Å²) in [6.07, 6.45) is 8.02. The molecular formula is C23H34O3Se. The predicted octanol–water partition coefficient (Wildman–Crippen LogP) is 4.73. The van der Waals surface area contributed by atoms with Crippen LogP contribution in [0.15, 0.2) is 18.2 Å². The first kappa shape index (κ1) is 19.9. The van der Waals surface area contributed by atoms with Crippen molar-refractivity contribution in [2.75, 3.05) is 19.8 Å². The quantitative estimate of drug-likeness (QED) is 0.624. The number of benzene rings is 1. The van der Waals surface area contributed by atoms with Gasteiger partial charge in [-0.2, -0.15) is 0 Å². The summed E-state index contributed by atoms with van der Waals surface area (Å²) in [4.78, 5) is 0.579. The zero-order valence-corrected chi connectivity index (χ0v) is 18.8. The Balaban J connectivity index is 1.71. The van der Waals surface area contributed by atoms with Crippen molar-refractivity contribution in [2.24, 2.45) is 5.41 Å². The molecule has 3 fully saturated rings. The second-order valence-electron chi connectivity index (χ2n) is 9.22. The third kappa shape index (κ3) is 4.46. The van der Waals surface area contributed by atoms with Gasteiger partial charge >= 0.3 is 171 Å². The first-order chi connectivity index (χ1) is 13.0. The van der Waals surface area contributed by atoms with Gasteiger partial charge in [-0.1, -0.05) is 0 Å². The topological polar surface area (TPSA) is 27.7 Å². The molecule has 4 rings (SSSR count). The van der Waals surface area contributed by atoms with Gasteiger partial charge in [-0.05, 0) is 0 Å². The molecule has 1 aromatic rings. The Bertz CT molecular complexity index is 587. The van der Waals surface area contributed by atoms with Gasteiger partial charge in [-0.25, -0.2) is 0 Å². The molecule has 0 saturated carbocycles. The van der Waals surface area contributed by atoms with E-state index in [0.717, 1.165) is 32.7 Å². The molecule has 0 radical (unpaired) electrons. The van der Waals surface area contributed by atoms with Crippen molar-refractivity contribution >= 4 is 19.4 Å². The normalized spacial score (nSPS) is 30.1. The third-order valence-electron chi connectivity index (χ3n) is 6.03. The van der Waals surface area contributed by atoms with E-state index in [4.69, 9.17) is 14.2 Å². The summed E-state index contributed by atoms with van der Waals surface area (Å²) in [6, 6.07) is 6.87. The van der Waals surface area contributed by atoms with Crippen LogP contribution in [0.2, 0.25) is 4.82 Å². The number of hydrogen-bond donors (Lipinski definition) is 0. The van der Waals surface area contributed by atoms with Crippen LogP contribution < -0.4 is 4.46 Å². The average Bonchev–Trinajstić information content (AvgIpc) is 3.42. The van der Waals surface area contributed by atoms with Gasteiger partial charge in [0.25, 0.3) is 0 Å². The maximum atomic E-state index is 6.20. The van der Waals surface area contributed by atoms with Gasteiger partial charge < -0.3 is 0 Å². The van der Waals surface area contributed by atoms with Crippen molar-refractivity contribution in [3.63, 3.8) is 0 Å². The van der Waals surface area contributed by atoms with Gasteiger partial charge in [-0.15, -0.1) is 0 Å². The van der Waals surface area contributed by atoms with Crippen LogP contribution in [-0.4, -0.2) is 40.9 Å². The molecule has 27 heavy (non-hydrogen) atoms. The fourth-order valence-corrected chi connectivity index (χ4v) is 8.09. The van der Waals surface area contributed by atoms with Gasteiger partial charge in [0.2, 0.25) is 0 Å². The van der Waals surface area contributed by atoms with Crippen LogP contribution in [0.25, 0.3) is 0 Å². The van der Waals surface area contributed by atoms with Crippen LogP contribution >= 0.6 is 0 Å². The summed E-state index contributed by atoms with van der Waals surface area (Å²) < 4.78 is 20.0. The van der Waals surface area contributed by atoms with Crippen LogP contribution in [0.3, 0.4) is 0 Å². The SMILES string of the molecule is CC(C)(C)[C@H]([Se]c1c([C@@H]2CCCO2)cccc1[C@@H]1CCCO1)[C@H]1CCCO1. The fraction of sp³-hybridized carbons (Fsp3) is 0.739. The molecule has 0 bridgehead atoms. The van der Waals surface area contributed by atoms with Gasteiger partial charge in [0, 0.05) is 0 Å². The van der Waals surface area contributed by atoms with Crippen molar-refractivity contribution in [1.29, 1.82) is 0 Å². The van der Waals surface area contributed by atoms with Crippen LogP contribution in [0, 0.1) is 5.41 Å². The molecule has 3 aliphatic heterocycles. The molecule has 1 aromatic carbocycles. The van der Waals surface area contributed by atoms with Gasteiger partial charge in [0.15, 0.2) is 0 Å². The van der Waals surface area contributed by atoms with Gasteiger partial charge in [0.05, 0.1) is 0 Å². The van der Waals surface area contributed by atoms with Crippen molar-refractivity contribution in [3.8, 4) is 0 Å². The molecule has 3 heterocycles. The Kier molecular flexibility index (Phi) is 6.31. The van der Waals surface area contributed by atoms with E-state index in [1.54, 1.807) is 4.46 Å². The summed E-state index contributed by atoms with van der Waals surface area (Å²) in [5.74, 6) is 0. The van der Waals surface area contributed by atoms with Crippen LogP contribution in [0.1, 0.15) is 82.6 Å². The first-order valence-electron chi connectivity index (χ1n) is 10.7. The minimum atomic E-state index is 0.243. The van der Waals surface area contributed by atoms with Gasteiger partial charge in [0.1, 0.15) is 0 Å². The van der Waals surface area contributed by atoms with Crippen molar-refractivity contribution in [3.05, 3.63) is 29.3 Å². The van der Waals surface area contributed by atoms with Crippen LogP contribution in [0.4, 0.5) is 0 Å². The molecule has 0 N–H and O–H groups in total. The molecule has 0 unspecified atom stereocenters. The van der Waals surface area contributed by atoms with E-state index >= 15 is 0 Å². The standard InChI is InChI=1S/C23H34O3Se/c1-23(2,3)22(20-12-7-15-26-20)27-21-16(18-10-5-13-24-18)8-4-9-17(21)19-11-6-14-25-19/h4,8-9,18-20,22H,5-7,10-15H2,1-3H3/t18-,19-,20+,22+/m0/s1. The fourth-order valence-electron chi connectivity index (χ4n) is 4.64. The maximum absolute atomic E-state index is 6.20. The van der Waals surface area contributed by atoms with Crippen molar-refractivity contribution in [2.45, 2.75) is 82.4 Å². The molecule has 0 spiro atoms. The van der Waals surface area contributed by atoms with E-state index in [1.165, 1.54) is 36.8 Å². The summed E-state index contributed by atoms with van der Waals surface area (Å²) >= 11 is 0.344. The van der Waals surface area contributed by atoms with E-state index < -0.39 is 0 Å². The van der Waals surface area contributed by atoms with Crippen LogP contribution in [0.5, 0.6) is 0 Å². The molecule has 4 atom stereocenters. The Morgan fingerprint density at radius 1 is 0.852 bits per heavy atom. The Labute approximate surface area is 170 Å². The number of hydrogen-bond acceptors (Lipinski definition) is 3. The molecule has 0 aromatic heterocycles. The van der Waals surface area contributed by atoms with Gasteiger partial charge in [-0.3, -0.25) is 0 Å². The molecule has 150 valence electrons. The minimum absolute atomic E-state index is 0.243. The first-order valence-corrected chi connectivity index (χ1v) is 12.5.